The molecule has 0 aliphatic carbocycles. The Balaban J connectivity index is 1.33. The number of para-hydroxylation sites is 1. The van der Waals surface area contributed by atoms with E-state index in [0.29, 0.717) is 11.3 Å². The zero-order chi connectivity index (χ0) is 32.3. The lowest BCUT2D eigenvalue weighted by atomic mass is 10.1. The van der Waals surface area contributed by atoms with E-state index in [9.17, 15) is 14.4 Å². The number of amides is 3. The Morgan fingerprint density at radius 2 is 1.22 bits per heavy atom. The summed E-state index contributed by atoms with van der Waals surface area (Å²) in [5.41, 5.74) is 4.46. The summed E-state index contributed by atoms with van der Waals surface area (Å²) in [6, 6.07) is 42.7. The first-order valence-corrected chi connectivity index (χ1v) is 15.6. The SMILES string of the molecule is CN(C)c1ccc(/C=C(\NC(=O)c2ccccc2)C(=O)Nc2ccc(SC(C(=O)Nc3ccccc3)c3ccccc3)cc2)cc1. The van der Waals surface area contributed by atoms with Crippen LogP contribution in [0.3, 0.4) is 0 Å². The topological polar surface area (TPSA) is 90.5 Å². The van der Waals surface area contributed by atoms with Crippen molar-refractivity contribution in [3.8, 4) is 0 Å². The fourth-order valence-corrected chi connectivity index (χ4v) is 5.58. The van der Waals surface area contributed by atoms with Crippen LogP contribution in [0.2, 0.25) is 0 Å². The van der Waals surface area contributed by atoms with E-state index < -0.39 is 11.2 Å². The second-order valence-corrected chi connectivity index (χ2v) is 11.8. The minimum atomic E-state index is -0.497. The molecular weight excluding hydrogens is 593 g/mol. The fourth-order valence-electron chi connectivity index (χ4n) is 4.56. The van der Waals surface area contributed by atoms with Gasteiger partial charge in [0.05, 0.1) is 0 Å². The van der Waals surface area contributed by atoms with Crippen molar-refractivity contribution in [2.45, 2.75) is 10.1 Å². The first kappa shape index (κ1) is 31.8. The van der Waals surface area contributed by atoms with Gasteiger partial charge >= 0.3 is 0 Å². The molecule has 1 atom stereocenters. The average molecular weight is 627 g/mol. The van der Waals surface area contributed by atoms with E-state index in [2.05, 4.69) is 16.0 Å². The summed E-state index contributed by atoms with van der Waals surface area (Å²) in [6.45, 7) is 0. The van der Waals surface area contributed by atoms with Crippen LogP contribution in [0.4, 0.5) is 17.1 Å². The predicted molar refractivity (Wildman–Crippen MR) is 188 cm³/mol. The van der Waals surface area contributed by atoms with Gasteiger partial charge in [-0.15, -0.1) is 11.8 Å². The van der Waals surface area contributed by atoms with Gasteiger partial charge in [0.1, 0.15) is 10.9 Å². The number of nitrogens with one attached hydrogen (secondary N) is 3. The standard InChI is InChI=1S/C38H34N4O3S/c1-42(2)32-22-18-27(19-23-32)26-34(41-36(43)29-14-8-4-9-15-29)37(44)39-31-20-24-33(25-21-31)46-35(28-12-6-3-7-13-28)38(45)40-30-16-10-5-11-17-30/h3-26,35H,1-2H3,(H,39,44)(H,40,45)(H,41,43)/b34-26-. The number of carbonyl (C=O) groups is 3. The van der Waals surface area contributed by atoms with Crippen LogP contribution in [0.1, 0.15) is 26.7 Å². The Labute approximate surface area is 273 Å². The first-order chi connectivity index (χ1) is 22.4. The van der Waals surface area contributed by atoms with Gasteiger partial charge in [0.15, 0.2) is 0 Å². The zero-order valence-corrected chi connectivity index (χ0v) is 26.3. The van der Waals surface area contributed by atoms with Gasteiger partial charge < -0.3 is 20.9 Å². The third-order valence-electron chi connectivity index (χ3n) is 7.00. The lowest BCUT2D eigenvalue weighted by Crippen LogP contribution is -2.30. The van der Waals surface area contributed by atoms with Crippen molar-refractivity contribution in [2.75, 3.05) is 29.6 Å². The normalized spacial score (nSPS) is 11.7. The summed E-state index contributed by atoms with van der Waals surface area (Å²) >= 11 is 1.42. The molecule has 0 radical (unpaired) electrons. The number of hydrogen-bond donors (Lipinski definition) is 3. The minimum absolute atomic E-state index is 0.103. The van der Waals surface area contributed by atoms with Crippen LogP contribution < -0.4 is 20.9 Å². The van der Waals surface area contributed by atoms with Gasteiger partial charge in [0.25, 0.3) is 11.8 Å². The van der Waals surface area contributed by atoms with E-state index in [0.717, 1.165) is 27.4 Å². The number of nitrogens with zero attached hydrogens (tertiary/aromatic N) is 1. The molecule has 5 rings (SSSR count). The van der Waals surface area contributed by atoms with Crippen molar-refractivity contribution in [2.24, 2.45) is 0 Å². The Morgan fingerprint density at radius 1 is 0.652 bits per heavy atom. The molecule has 8 heteroatoms. The molecule has 0 spiro atoms. The summed E-state index contributed by atoms with van der Waals surface area (Å²) < 4.78 is 0. The van der Waals surface area contributed by atoms with E-state index in [1.165, 1.54) is 11.8 Å². The summed E-state index contributed by atoms with van der Waals surface area (Å²) in [7, 11) is 3.91. The summed E-state index contributed by atoms with van der Waals surface area (Å²) in [5.74, 6) is -0.993. The molecule has 1 unspecified atom stereocenters. The van der Waals surface area contributed by atoms with Crippen LogP contribution in [-0.4, -0.2) is 31.8 Å². The van der Waals surface area contributed by atoms with Crippen LogP contribution in [-0.2, 0) is 9.59 Å². The van der Waals surface area contributed by atoms with Crippen molar-refractivity contribution in [1.29, 1.82) is 0 Å². The first-order valence-electron chi connectivity index (χ1n) is 14.7. The highest BCUT2D eigenvalue weighted by Gasteiger charge is 2.22. The molecule has 0 bridgehead atoms. The van der Waals surface area contributed by atoms with E-state index in [1.807, 2.05) is 122 Å². The smallest absolute Gasteiger partial charge is 0.272 e. The van der Waals surface area contributed by atoms with E-state index >= 15 is 0 Å². The molecule has 0 saturated heterocycles. The van der Waals surface area contributed by atoms with Crippen LogP contribution in [0.15, 0.2) is 150 Å². The molecule has 0 saturated carbocycles. The fraction of sp³-hybridized carbons (Fsp3) is 0.0789. The van der Waals surface area contributed by atoms with Crippen molar-refractivity contribution in [1.82, 2.24) is 5.32 Å². The maximum Gasteiger partial charge on any atom is 0.272 e. The molecule has 230 valence electrons. The Bertz CT molecular complexity index is 1790. The molecule has 0 aromatic heterocycles. The molecule has 0 fully saturated rings. The summed E-state index contributed by atoms with van der Waals surface area (Å²) in [5, 5.41) is 8.19. The second kappa shape index (κ2) is 15.4. The highest BCUT2D eigenvalue weighted by atomic mass is 32.2. The van der Waals surface area contributed by atoms with Crippen molar-refractivity contribution < 1.29 is 14.4 Å². The quantitative estimate of drug-likeness (QED) is 0.104. The van der Waals surface area contributed by atoms with Gasteiger partial charge in [-0.25, -0.2) is 0 Å². The molecule has 3 N–H and O–H groups in total. The number of carbonyl (C=O) groups excluding carboxylic acids is 3. The number of benzene rings is 5. The van der Waals surface area contributed by atoms with Gasteiger partial charge in [-0.2, -0.15) is 0 Å². The lowest BCUT2D eigenvalue weighted by molar-refractivity contribution is -0.116. The third-order valence-corrected chi connectivity index (χ3v) is 8.26. The maximum absolute atomic E-state index is 13.5. The van der Waals surface area contributed by atoms with Crippen molar-refractivity contribution in [3.05, 3.63) is 162 Å². The molecule has 3 amide bonds. The largest absolute Gasteiger partial charge is 0.378 e. The molecule has 7 nitrogen and oxygen atoms in total. The van der Waals surface area contributed by atoms with E-state index in [-0.39, 0.29) is 17.5 Å². The van der Waals surface area contributed by atoms with E-state index in [4.69, 9.17) is 0 Å². The Morgan fingerprint density at radius 3 is 1.83 bits per heavy atom. The van der Waals surface area contributed by atoms with Crippen LogP contribution in [0.5, 0.6) is 0 Å². The lowest BCUT2D eigenvalue weighted by Gasteiger charge is -2.17. The van der Waals surface area contributed by atoms with Gasteiger partial charge in [0.2, 0.25) is 5.91 Å². The molecule has 5 aromatic carbocycles. The maximum atomic E-state index is 13.5. The van der Waals surface area contributed by atoms with Crippen LogP contribution in [0.25, 0.3) is 6.08 Å². The van der Waals surface area contributed by atoms with Crippen molar-refractivity contribution >= 4 is 52.6 Å². The van der Waals surface area contributed by atoms with Gasteiger partial charge in [-0.1, -0.05) is 78.9 Å². The molecular formula is C38H34N4O3S. The number of hydrogen-bond acceptors (Lipinski definition) is 5. The molecule has 0 aliphatic heterocycles. The molecule has 0 aliphatic rings. The van der Waals surface area contributed by atoms with Crippen LogP contribution >= 0.6 is 11.8 Å². The molecule has 0 heterocycles. The summed E-state index contributed by atoms with van der Waals surface area (Å²) in [4.78, 5) is 42.7. The highest BCUT2D eigenvalue weighted by molar-refractivity contribution is 8.00. The van der Waals surface area contributed by atoms with Crippen LogP contribution in [0, 0.1) is 0 Å². The monoisotopic (exact) mass is 626 g/mol. The average Bonchev–Trinajstić information content (AvgIpc) is 3.09. The number of anilines is 3. The second-order valence-electron chi connectivity index (χ2n) is 10.6. The molecule has 5 aromatic rings. The van der Waals surface area contributed by atoms with Gasteiger partial charge in [0, 0.05) is 41.6 Å². The molecule has 46 heavy (non-hydrogen) atoms. The third kappa shape index (κ3) is 8.74. The van der Waals surface area contributed by atoms with Gasteiger partial charge in [-0.3, -0.25) is 14.4 Å². The highest BCUT2D eigenvalue weighted by Crippen LogP contribution is 2.36. The number of rotatable bonds is 11. The minimum Gasteiger partial charge on any atom is -0.378 e. The Hall–Kier alpha value is -5.60. The Kier molecular flexibility index (Phi) is 10.7. The number of thioether (sulfide) groups is 1. The predicted octanol–water partition coefficient (Wildman–Crippen LogP) is 7.63. The van der Waals surface area contributed by atoms with E-state index in [1.54, 1.807) is 42.5 Å². The van der Waals surface area contributed by atoms with Gasteiger partial charge in [-0.05, 0) is 77.9 Å². The van der Waals surface area contributed by atoms with Crippen molar-refractivity contribution in [3.63, 3.8) is 0 Å². The summed E-state index contributed by atoms with van der Waals surface area (Å²) in [6.07, 6.45) is 1.65. The zero-order valence-electron chi connectivity index (χ0n) is 25.5.